The maximum atomic E-state index is 13.2. The van der Waals surface area contributed by atoms with E-state index in [2.05, 4.69) is 25.3 Å². The van der Waals surface area contributed by atoms with E-state index >= 15 is 0 Å². The number of nitrogens with one attached hydrogen (secondary N) is 1. The number of anilines is 1. The van der Waals surface area contributed by atoms with Gasteiger partial charge in [0.25, 0.3) is 5.56 Å². The Morgan fingerprint density at radius 2 is 1.65 bits per heavy atom. The van der Waals surface area contributed by atoms with Gasteiger partial charge in [0.1, 0.15) is 18.0 Å². The smallest absolute Gasteiger partial charge is 0.266 e. The van der Waals surface area contributed by atoms with Crippen LogP contribution in [-0.2, 0) is 11.3 Å². The zero-order valence-electron chi connectivity index (χ0n) is 20.3. The Morgan fingerprint density at radius 1 is 0.919 bits per heavy atom. The second-order valence-electron chi connectivity index (χ2n) is 8.97. The number of piperidine rings is 1. The Kier molecular flexibility index (Phi) is 7.30. The van der Waals surface area contributed by atoms with E-state index in [4.69, 9.17) is 0 Å². The molecule has 188 valence electrons. The summed E-state index contributed by atoms with van der Waals surface area (Å²) >= 11 is 0. The van der Waals surface area contributed by atoms with Crippen molar-refractivity contribution in [3.63, 3.8) is 0 Å². The van der Waals surface area contributed by atoms with Gasteiger partial charge in [-0.05, 0) is 43.2 Å². The second-order valence-corrected chi connectivity index (χ2v) is 8.97. The molecule has 0 atom stereocenters. The van der Waals surface area contributed by atoms with Gasteiger partial charge in [-0.25, -0.2) is 19.0 Å². The highest BCUT2D eigenvalue weighted by atomic mass is 19.1. The number of benzene rings is 2. The molecule has 5 rings (SSSR count). The largest absolute Gasteiger partial charge is 0.356 e. The molecule has 0 saturated carbocycles. The van der Waals surface area contributed by atoms with E-state index in [0.29, 0.717) is 17.8 Å². The SMILES string of the molecule is O=C(NCCn1nc(-c2ccc(F)cc2)ccc1=O)C1CCN(c2cc(-c3ccccc3)ncn2)CC1. The highest BCUT2D eigenvalue weighted by Gasteiger charge is 2.25. The molecule has 1 amide bonds. The molecule has 1 aliphatic rings. The molecule has 1 fully saturated rings. The first-order chi connectivity index (χ1) is 18.1. The summed E-state index contributed by atoms with van der Waals surface area (Å²) in [4.78, 5) is 36.0. The molecule has 2 aromatic carbocycles. The summed E-state index contributed by atoms with van der Waals surface area (Å²) in [5.74, 6) is 0.413. The Balaban J connectivity index is 1.13. The number of nitrogens with zero attached hydrogens (tertiary/aromatic N) is 5. The number of hydrogen-bond acceptors (Lipinski definition) is 6. The summed E-state index contributed by atoms with van der Waals surface area (Å²) in [7, 11) is 0. The van der Waals surface area contributed by atoms with Gasteiger partial charge in [0, 0.05) is 48.8 Å². The molecule has 0 unspecified atom stereocenters. The van der Waals surface area contributed by atoms with Gasteiger partial charge in [0.2, 0.25) is 5.91 Å². The van der Waals surface area contributed by atoms with Crippen molar-refractivity contribution in [1.29, 1.82) is 0 Å². The lowest BCUT2D eigenvalue weighted by atomic mass is 9.96. The number of hydrogen-bond donors (Lipinski definition) is 1. The van der Waals surface area contributed by atoms with E-state index in [1.54, 1.807) is 24.5 Å². The van der Waals surface area contributed by atoms with Crippen molar-refractivity contribution in [1.82, 2.24) is 25.1 Å². The summed E-state index contributed by atoms with van der Waals surface area (Å²) in [6, 6.07) is 20.9. The number of carbonyl (C=O) groups is 1. The van der Waals surface area contributed by atoms with E-state index in [1.165, 1.54) is 22.9 Å². The third-order valence-electron chi connectivity index (χ3n) is 6.54. The maximum absolute atomic E-state index is 13.2. The molecular weight excluding hydrogens is 471 g/mol. The fourth-order valence-corrected chi connectivity index (χ4v) is 4.47. The lowest BCUT2D eigenvalue weighted by molar-refractivity contribution is -0.125. The highest BCUT2D eigenvalue weighted by Crippen LogP contribution is 2.25. The zero-order chi connectivity index (χ0) is 25.6. The number of amides is 1. The molecule has 8 nitrogen and oxygen atoms in total. The standard InChI is InChI=1S/C28H27FN6O2/c29-23-8-6-21(7-9-23)24-10-11-27(36)35(33-24)17-14-30-28(37)22-12-15-34(16-13-22)26-18-25(31-19-32-26)20-4-2-1-3-5-20/h1-11,18-19,22H,12-17H2,(H,30,37). The van der Waals surface area contributed by atoms with Crippen LogP contribution < -0.4 is 15.8 Å². The summed E-state index contributed by atoms with van der Waals surface area (Å²) in [5, 5.41) is 7.31. The minimum Gasteiger partial charge on any atom is -0.356 e. The monoisotopic (exact) mass is 498 g/mol. The summed E-state index contributed by atoms with van der Waals surface area (Å²) < 4.78 is 14.5. The van der Waals surface area contributed by atoms with Crippen LogP contribution in [0.5, 0.6) is 0 Å². The van der Waals surface area contributed by atoms with Crippen molar-refractivity contribution in [2.24, 2.45) is 5.92 Å². The quantitative estimate of drug-likeness (QED) is 0.419. The Labute approximate surface area is 213 Å². The van der Waals surface area contributed by atoms with Gasteiger partial charge in [0.05, 0.1) is 17.9 Å². The van der Waals surface area contributed by atoms with Crippen LogP contribution in [0.4, 0.5) is 10.2 Å². The van der Waals surface area contributed by atoms with Crippen LogP contribution in [0.1, 0.15) is 12.8 Å². The third kappa shape index (κ3) is 5.88. The van der Waals surface area contributed by atoms with Crippen molar-refractivity contribution < 1.29 is 9.18 Å². The van der Waals surface area contributed by atoms with Gasteiger partial charge in [-0.2, -0.15) is 5.10 Å². The Hall–Kier alpha value is -4.40. The molecule has 4 aromatic rings. The molecule has 0 spiro atoms. The second kappa shape index (κ2) is 11.1. The highest BCUT2D eigenvalue weighted by molar-refractivity contribution is 5.79. The minimum atomic E-state index is -0.334. The molecule has 0 radical (unpaired) electrons. The molecule has 1 aliphatic heterocycles. The van der Waals surface area contributed by atoms with Crippen LogP contribution in [0, 0.1) is 11.7 Å². The van der Waals surface area contributed by atoms with Crippen molar-refractivity contribution in [2.45, 2.75) is 19.4 Å². The minimum absolute atomic E-state index is 0.0185. The van der Waals surface area contributed by atoms with Crippen LogP contribution in [0.3, 0.4) is 0 Å². The number of carbonyl (C=O) groups excluding carboxylic acids is 1. The van der Waals surface area contributed by atoms with Gasteiger partial charge in [-0.1, -0.05) is 30.3 Å². The van der Waals surface area contributed by atoms with Gasteiger partial charge >= 0.3 is 0 Å². The number of halogens is 1. The van der Waals surface area contributed by atoms with Crippen molar-refractivity contribution >= 4 is 11.7 Å². The molecule has 37 heavy (non-hydrogen) atoms. The summed E-state index contributed by atoms with van der Waals surface area (Å²) in [6.07, 6.45) is 3.01. The van der Waals surface area contributed by atoms with E-state index < -0.39 is 0 Å². The van der Waals surface area contributed by atoms with Crippen LogP contribution >= 0.6 is 0 Å². The van der Waals surface area contributed by atoms with Gasteiger partial charge in [0.15, 0.2) is 0 Å². The first-order valence-electron chi connectivity index (χ1n) is 12.3. The molecule has 0 aliphatic carbocycles. The predicted molar refractivity (Wildman–Crippen MR) is 139 cm³/mol. The Morgan fingerprint density at radius 3 is 2.41 bits per heavy atom. The van der Waals surface area contributed by atoms with Crippen LogP contribution in [0.25, 0.3) is 22.5 Å². The first kappa shape index (κ1) is 24.3. The third-order valence-corrected chi connectivity index (χ3v) is 6.54. The summed E-state index contributed by atoms with van der Waals surface area (Å²) in [6.45, 7) is 2.00. The van der Waals surface area contributed by atoms with Crippen molar-refractivity contribution in [3.05, 3.63) is 95.3 Å². The molecule has 1 N–H and O–H groups in total. The lowest BCUT2D eigenvalue weighted by Gasteiger charge is -2.32. The average Bonchev–Trinajstić information content (AvgIpc) is 2.95. The average molecular weight is 499 g/mol. The molecule has 3 heterocycles. The van der Waals surface area contributed by atoms with Crippen molar-refractivity contribution in [3.8, 4) is 22.5 Å². The van der Waals surface area contributed by atoms with Gasteiger partial charge in [-0.3, -0.25) is 9.59 Å². The topological polar surface area (TPSA) is 93.0 Å². The van der Waals surface area contributed by atoms with Crippen LogP contribution in [0.15, 0.2) is 83.9 Å². The van der Waals surface area contributed by atoms with E-state index in [9.17, 15) is 14.0 Å². The van der Waals surface area contributed by atoms with Gasteiger partial charge < -0.3 is 10.2 Å². The molecule has 2 aromatic heterocycles. The van der Waals surface area contributed by atoms with Gasteiger partial charge in [-0.15, -0.1) is 0 Å². The van der Waals surface area contributed by atoms with Crippen molar-refractivity contribution in [2.75, 3.05) is 24.5 Å². The number of rotatable bonds is 7. The maximum Gasteiger partial charge on any atom is 0.266 e. The summed E-state index contributed by atoms with van der Waals surface area (Å²) in [5.41, 5.74) is 2.94. The normalized spacial score (nSPS) is 13.9. The first-order valence-corrected chi connectivity index (χ1v) is 12.3. The fourth-order valence-electron chi connectivity index (χ4n) is 4.47. The van der Waals surface area contributed by atoms with Crippen LogP contribution in [0.2, 0.25) is 0 Å². The number of aromatic nitrogens is 4. The van der Waals surface area contributed by atoms with Crippen LogP contribution in [-0.4, -0.2) is 45.3 Å². The van der Waals surface area contributed by atoms with E-state index in [0.717, 1.165) is 43.0 Å². The predicted octanol–water partition coefficient (Wildman–Crippen LogP) is 3.54. The Bertz CT molecular complexity index is 1420. The molecule has 1 saturated heterocycles. The lowest BCUT2D eigenvalue weighted by Crippen LogP contribution is -2.42. The molecule has 9 heteroatoms. The van der Waals surface area contributed by atoms with E-state index in [1.807, 2.05) is 36.4 Å². The molecule has 0 bridgehead atoms. The van der Waals surface area contributed by atoms with E-state index in [-0.39, 0.29) is 29.7 Å². The molecular formula is C28H27FN6O2. The fraction of sp³-hybridized carbons (Fsp3) is 0.250. The zero-order valence-corrected chi connectivity index (χ0v) is 20.3.